The molecule has 1 atom stereocenters. The van der Waals surface area contributed by atoms with Gasteiger partial charge >= 0.3 is 11.9 Å². The molecular formula is C27H40N2O6. The first-order valence-electron chi connectivity index (χ1n) is 12.9. The summed E-state index contributed by atoms with van der Waals surface area (Å²) < 4.78 is 11.9. The number of methoxy groups -OCH3 is 1. The zero-order chi connectivity index (χ0) is 25.0. The Labute approximate surface area is 208 Å². The van der Waals surface area contributed by atoms with Crippen LogP contribution in [-0.2, 0) is 20.7 Å². The summed E-state index contributed by atoms with van der Waals surface area (Å²) >= 11 is 0. The molecule has 1 saturated heterocycles. The Bertz CT molecular complexity index is 828. The topological polar surface area (TPSA) is 99.5 Å². The van der Waals surface area contributed by atoms with Crippen LogP contribution in [0.25, 0.3) is 0 Å². The fourth-order valence-corrected chi connectivity index (χ4v) is 5.40. The van der Waals surface area contributed by atoms with Crippen LogP contribution in [0.2, 0.25) is 0 Å². The second-order valence-corrected chi connectivity index (χ2v) is 9.46. The molecule has 1 aromatic carbocycles. The van der Waals surface area contributed by atoms with Gasteiger partial charge in [0.05, 0.1) is 19.8 Å². The maximum Gasteiger partial charge on any atom is 0.328 e. The van der Waals surface area contributed by atoms with Gasteiger partial charge in [0.15, 0.2) is 0 Å². The third kappa shape index (κ3) is 8.63. The molecule has 194 valence electrons. The lowest BCUT2D eigenvalue weighted by molar-refractivity contribution is -0.134. The number of hydrogen-bond acceptors (Lipinski definition) is 6. The molecule has 8 nitrogen and oxygen atoms in total. The van der Waals surface area contributed by atoms with E-state index in [4.69, 9.17) is 19.7 Å². The Morgan fingerprint density at radius 2 is 1.66 bits per heavy atom. The van der Waals surface area contributed by atoms with Crippen molar-refractivity contribution < 1.29 is 29.3 Å². The Morgan fingerprint density at radius 1 is 0.971 bits per heavy atom. The van der Waals surface area contributed by atoms with Crippen LogP contribution < -0.4 is 4.74 Å². The first-order valence-corrected chi connectivity index (χ1v) is 12.9. The van der Waals surface area contributed by atoms with Gasteiger partial charge in [-0.3, -0.25) is 9.80 Å². The monoisotopic (exact) mass is 488 g/mol. The molecule has 8 heteroatoms. The average molecular weight is 489 g/mol. The summed E-state index contributed by atoms with van der Waals surface area (Å²) in [6.07, 6.45) is 12.0. The summed E-state index contributed by atoms with van der Waals surface area (Å²) in [5.74, 6) is -1.49. The van der Waals surface area contributed by atoms with E-state index in [-0.39, 0.29) is 6.10 Å². The minimum Gasteiger partial charge on any atom is -0.496 e. The van der Waals surface area contributed by atoms with Crippen LogP contribution in [0, 0.1) is 0 Å². The standard InChI is InChI=1S/C23H36N2O2.C4H4O4/c1-26-22-11-5-10-21-20(22)9-6-12-23(21)27-18-17-24-13-15-25(16-14-24)19-7-3-2-4-8-19;5-3(6)1-2-4(7)8/h5,10-11,19,23H,2-4,6-9,12-18H2,1H3;1-2H,(H,5,6)(H,7,8)/b;2-1-/t23-;/m0./s1. The van der Waals surface area contributed by atoms with Crippen LogP contribution in [0.1, 0.15) is 62.2 Å². The number of nitrogens with zero attached hydrogens (tertiary/aromatic N) is 2. The third-order valence-electron chi connectivity index (χ3n) is 7.22. The molecule has 0 bridgehead atoms. The molecule has 1 saturated carbocycles. The van der Waals surface area contributed by atoms with Gasteiger partial charge < -0.3 is 19.7 Å². The molecule has 3 aliphatic rings. The number of fused-ring (bicyclic) bond motifs is 1. The second kappa shape index (κ2) is 14.2. The number of carboxylic acid groups (broad SMARTS) is 2. The Morgan fingerprint density at radius 3 is 2.29 bits per heavy atom. The average Bonchev–Trinajstić information content (AvgIpc) is 2.88. The maximum atomic E-state index is 9.55. The Kier molecular flexibility index (Phi) is 11.0. The highest BCUT2D eigenvalue weighted by molar-refractivity contribution is 5.89. The van der Waals surface area contributed by atoms with Crippen LogP contribution in [0.15, 0.2) is 30.4 Å². The van der Waals surface area contributed by atoms with Crippen molar-refractivity contribution in [1.29, 1.82) is 0 Å². The van der Waals surface area contributed by atoms with E-state index in [1.165, 1.54) is 75.8 Å². The number of carboxylic acids is 2. The van der Waals surface area contributed by atoms with Crippen LogP contribution in [0.5, 0.6) is 5.75 Å². The summed E-state index contributed by atoms with van der Waals surface area (Å²) in [7, 11) is 1.77. The number of hydrogen-bond donors (Lipinski definition) is 2. The number of aliphatic carboxylic acids is 2. The molecule has 1 aliphatic heterocycles. The molecule has 0 unspecified atom stereocenters. The van der Waals surface area contributed by atoms with Crippen LogP contribution in [-0.4, -0.2) is 84.4 Å². The molecule has 35 heavy (non-hydrogen) atoms. The molecule has 2 N–H and O–H groups in total. The van der Waals surface area contributed by atoms with Gasteiger partial charge in [-0.05, 0) is 49.3 Å². The van der Waals surface area contributed by atoms with Crippen molar-refractivity contribution in [2.75, 3.05) is 46.4 Å². The second-order valence-electron chi connectivity index (χ2n) is 9.46. The molecule has 0 radical (unpaired) electrons. The van der Waals surface area contributed by atoms with Crippen LogP contribution in [0.4, 0.5) is 0 Å². The minimum absolute atomic E-state index is 0.243. The third-order valence-corrected chi connectivity index (χ3v) is 7.22. The van der Waals surface area contributed by atoms with Gasteiger partial charge in [0, 0.05) is 50.9 Å². The number of carbonyl (C=O) groups is 2. The summed E-state index contributed by atoms with van der Waals surface area (Å²) in [5, 5.41) is 15.6. The van der Waals surface area contributed by atoms with E-state index in [1.54, 1.807) is 7.11 Å². The molecule has 2 fully saturated rings. The summed E-state index contributed by atoms with van der Waals surface area (Å²) in [6, 6.07) is 7.27. The number of benzene rings is 1. The highest BCUT2D eigenvalue weighted by atomic mass is 16.5. The van der Waals surface area contributed by atoms with Crippen molar-refractivity contribution in [3.63, 3.8) is 0 Å². The lowest BCUT2D eigenvalue weighted by Crippen LogP contribution is -2.51. The van der Waals surface area contributed by atoms with Crippen LogP contribution in [0.3, 0.4) is 0 Å². The van der Waals surface area contributed by atoms with Gasteiger partial charge in [0.1, 0.15) is 5.75 Å². The van der Waals surface area contributed by atoms with E-state index in [2.05, 4.69) is 28.0 Å². The van der Waals surface area contributed by atoms with E-state index in [1.807, 2.05) is 0 Å². The van der Waals surface area contributed by atoms with Gasteiger partial charge in [-0.2, -0.15) is 0 Å². The van der Waals surface area contributed by atoms with Crippen molar-refractivity contribution in [2.24, 2.45) is 0 Å². The van der Waals surface area contributed by atoms with Crippen molar-refractivity contribution >= 4 is 11.9 Å². The normalized spacial score (nSPS) is 21.7. The molecule has 4 rings (SSSR count). The SMILES string of the molecule is COc1cccc2c1CCC[C@@H]2OCCN1CCN(C2CCCCC2)CC1.O=C(O)/C=C\C(=O)O. The van der Waals surface area contributed by atoms with Gasteiger partial charge in [-0.15, -0.1) is 0 Å². The highest BCUT2D eigenvalue weighted by Crippen LogP contribution is 2.37. The van der Waals surface area contributed by atoms with Crippen molar-refractivity contribution in [3.8, 4) is 5.75 Å². The molecule has 2 aliphatic carbocycles. The predicted octanol–water partition coefficient (Wildman–Crippen LogP) is 3.75. The number of rotatable bonds is 8. The maximum absolute atomic E-state index is 9.55. The fourth-order valence-electron chi connectivity index (χ4n) is 5.40. The largest absolute Gasteiger partial charge is 0.496 e. The first-order chi connectivity index (χ1) is 17.0. The summed E-state index contributed by atoms with van der Waals surface area (Å²) in [4.78, 5) is 24.4. The highest BCUT2D eigenvalue weighted by Gasteiger charge is 2.26. The van der Waals surface area contributed by atoms with E-state index in [9.17, 15) is 9.59 Å². The number of piperazine rings is 1. The summed E-state index contributed by atoms with van der Waals surface area (Å²) in [6.45, 7) is 6.80. The Balaban J connectivity index is 0.000000371. The lowest BCUT2D eigenvalue weighted by Gasteiger charge is -2.40. The minimum atomic E-state index is -1.26. The van der Waals surface area contributed by atoms with Gasteiger partial charge in [-0.25, -0.2) is 9.59 Å². The lowest BCUT2D eigenvalue weighted by atomic mass is 9.88. The molecule has 1 heterocycles. The first kappa shape index (κ1) is 27.2. The molecule has 1 aromatic rings. The van der Waals surface area contributed by atoms with Crippen molar-refractivity contribution in [1.82, 2.24) is 9.80 Å². The predicted molar refractivity (Wildman–Crippen MR) is 134 cm³/mol. The summed E-state index contributed by atoms with van der Waals surface area (Å²) in [5.41, 5.74) is 2.71. The molecule has 0 aromatic heterocycles. The number of ether oxygens (including phenoxy) is 2. The fraction of sp³-hybridized carbons (Fsp3) is 0.630. The molecule has 0 spiro atoms. The van der Waals surface area contributed by atoms with E-state index in [0.29, 0.717) is 12.2 Å². The van der Waals surface area contributed by atoms with Crippen molar-refractivity contribution in [2.45, 2.75) is 63.5 Å². The van der Waals surface area contributed by atoms with Crippen molar-refractivity contribution in [3.05, 3.63) is 41.5 Å². The van der Waals surface area contributed by atoms with Gasteiger partial charge in [0.2, 0.25) is 0 Å². The molecular weight excluding hydrogens is 448 g/mol. The van der Waals surface area contributed by atoms with E-state index in [0.717, 1.165) is 37.8 Å². The quantitative estimate of drug-likeness (QED) is 0.534. The van der Waals surface area contributed by atoms with Gasteiger partial charge in [-0.1, -0.05) is 31.4 Å². The zero-order valence-electron chi connectivity index (χ0n) is 20.9. The smallest absolute Gasteiger partial charge is 0.328 e. The Hall–Kier alpha value is -2.42. The van der Waals surface area contributed by atoms with Crippen LogP contribution >= 0.6 is 0 Å². The van der Waals surface area contributed by atoms with Gasteiger partial charge in [0.25, 0.3) is 0 Å². The van der Waals surface area contributed by atoms with E-state index < -0.39 is 11.9 Å². The zero-order valence-corrected chi connectivity index (χ0v) is 20.9. The molecule has 0 amide bonds. The van der Waals surface area contributed by atoms with E-state index >= 15 is 0 Å².